The van der Waals surface area contributed by atoms with Gasteiger partial charge in [0.05, 0.1) is 36.7 Å². The van der Waals surface area contributed by atoms with Crippen molar-refractivity contribution in [3.05, 3.63) is 45.8 Å². The number of aromatic amines is 1. The van der Waals surface area contributed by atoms with Crippen LogP contribution >= 0.6 is 11.3 Å². The van der Waals surface area contributed by atoms with Crippen LogP contribution in [0.1, 0.15) is 46.5 Å². The van der Waals surface area contributed by atoms with Gasteiger partial charge >= 0.3 is 0 Å². The number of benzene rings is 1. The van der Waals surface area contributed by atoms with Crippen molar-refractivity contribution in [2.45, 2.75) is 32.2 Å². The summed E-state index contributed by atoms with van der Waals surface area (Å²) in [5, 5.41) is 11.9. The van der Waals surface area contributed by atoms with Gasteiger partial charge in [-0.15, -0.1) is 11.3 Å². The number of nitrogens with two attached hydrogens (primary N) is 1. The van der Waals surface area contributed by atoms with Crippen molar-refractivity contribution in [1.29, 1.82) is 0 Å². The number of carbonyl (C=O) groups is 1. The summed E-state index contributed by atoms with van der Waals surface area (Å²) in [5.41, 5.74) is 10.0. The van der Waals surface area contributed by atoms with Gasteiger partial charge in [-0.25, -0.2) is 12.7 Å². The smallest absolute Gasteiger partial charge is 0.250 e. The minimum absolute atomic E-state index is 0.0262. The molecule has 3 aromatic rings. The molecule has 3 heterocycles. The number of aliphatic hydroxyl groups excluding tert-OH is 1. The summed E-state index contributed by atoms with van der Waals surface area (Å²) in [5.74, 6) is -0.165. The standard InChI is InChI=1S/C26H36N4O5S2/c1-3-37(33,34)30-6-4-18(5-7-30)24-15-28-25-22(24)13-19(14-23(25)26(27)32)20-12-21(36-17-20)16-29(2)8-10-35-11-9-31/h12-15,17-18,28,31H,3-11,16H2,1-2H3,(H2,27,32). The molecule has 0 saturated carbocycles. The second kappa shape index (κ2) is 12.1. The number of primary amides is 1. The Morgan fingerprint density at radius 1 is 1.24 bits per heavy atom. The highest BCUT2D eigenvalue weighted by atomic mass is 32.2. The van der Waals surface area contributed by atoms with Crippen LogP contribution in [0.3, 0.4) is 0 Å². The van der Waals surface area contributed by atoms with Crippen molar-refractivity contribution in [2.24, 2.45) is 5.73 Å². The van der Waals surface area contributed by atoms with Crippen LogP contribution in [-0.4, -0.2) is 85.9 Å². The number of carbonyl (C=O) groups excluding carboxylic acids is 1. The normalized spacial score (nSPS) is 15.7. The van der Waals surface area contributed by atoms with Crippen molar-refractivity contribution in [1.82, 2.24) is 14.2 Å². The molecule has 202 valence electrons. The van der Waals surface area contributed by atoms with E-state index in [9.17, 15) is 13.2 Å². The molecule has 1 aliphatic rings. The van der Waals surface area contributed by atoms with Gasteiger partial charge < -0.3 is 20.6 Å². The van der Waals surface area contributed by atoms with Gasteiger partial charge in [-0.2, -0.15) is 0 Å². The van der Waals surface area contributed by atoms with E-state index in [1.165, 1.54) is 4.88 Å². The van der Waals surface area contributed by atoms with Crippen molar-refractivity contribution >= 4 is 38.2 Å². The SMILES string of the molecule is CCS(=O)(=O)N1CCC(c2c[nH]c3c(C(N)=O)cc(-c4csc(CN(C)CCOCCO)c4)cc23)CC1. The fraction of sp³-hybridized carbons (Fsp3) is 0.500. The van der Waals surface area contributed by atoms with Gasteiger partial charge in [0, 0.05) is 42.6 Å². The Hall–Kier alpha value is -2.28. The monoisotopic (exact) mass is 548 g/mol. The van der Waals surface area contributed by atoms with E-state index in [1.54, 1.807) is 22.6 Å². The molecule has 1 fully saturated rings. The molecule has 1 aromatic carbocycles. The van der Waals surface area contributed by atoms with E-state index in [1.807, 2.05) is 19.3 Å². The van der Waals surface area contributed by atoms with E-state index in [2.05, 4.69) is 27.4 Å². The van der Waals surface area contributed by atoms with Gasteiger partial charge in [-0.3, -0.25) is 9.69 Å². The molecule has 0 aliphatic carbocycles. The molecule has 0 unspecified atom stereocenters. The van der Waals surface area contributed by atoms with Crippen LogP contribution in [0, 0.1) is 0 Å². The third kappa shape index (κ3) is 6.42. The summed E-state index contributed by atoms with van der Waals surface area (Å²) in [6, 6.07) is 6.10. The first kappa shape index (κ1) is 27.7. The fourth-order valence-electron chi connectivity index (χ4n) is 4.93. The number of aromatic nitrogens is 1. The molecular formula is C26H36N4O5S2. The Morgan fingerprint density at radius 3 is 2.68 bits per heavy atom. The largest absolute Gasteiger partial charge is 0.394 e. The third-order valence-corrected chi connectivity index (χ3v) is 9.81. The topological polar surface area (TPSA) is 129 Å². The Bertz CT molecular complexity index is 1330. The second-order valence-corrected chi connectivity index (χ2v) is 12.8. The van der Waals surface area contributed by atoms with Crippen molar-refractivity contribution in [3.63, 3.8) is 0 Å². The van der Waals surface area contributed by atoms with Crippen molar-refractivity contribution < 1.29 is 23.1 Å². The number of hydrogen-bond acceptors (Lipinski definition) is 7. The summed E-state index contributed by atoms with van der Waals surface area (Å²) >= 11 is 1.67. The molecule has 4 N–H and O–H groups in total. The molecule has 1 amide bonds. The number of nitrogens with zero attached hydrogens (tertiary/aromatic N) is 2. The van der Waals surface area contributed by atoms with Gasteiger partial charge in [0.25, 0.3) is 5.91 Å². The van der Waals surface area contributed by atoms with Crippen LogP contribution in [0.5, 0.6) is 0 Å². The molecular weight excluding hydrogens is 512 g/mol. The van der Waals surface area contributed by atoms with Gasteiger partial charge in [-0.1, -0.05) is 0 Å². The number of piperidine rings is 1. The molecule has 11 heteroatoms. The highest BCUT2D eigenvalue weighted by Gasteiger charge is 2.29. The first-order valence-corrected chi connectivity index (χ1v) is 15.1. The first-order valence-electron chi connectivity index (χ1n) is 12.6. The van der Waals surface area contributed by atoms with E-state index in [-0.39, 0.29) is 18.3 Å². The quantitative estimate of drug-likeness (QED) is 0.299. The Balaban J connectivity index is 1.56. The number of ether oxygens (including phenoxy) is 1. The summed E-state index contributed by atoms with van der Waals surface area (Å²) < 4.78 is 31.5. The van der Waals surface area contributed by atoms with Gasteiger partial charge in [-0.05, 0) is 73.0 Å². The number of thiophene rings is 1. The number of hydrogen-bond donors (Lipinski definition) is 3. The lowest BCUT2D eigenvalue weighted by atomic mass is 9.88. The average molecular weight is 549 g/mol. The number of aliphatic hydroxyl groups is 1. The van der Waals surface area contributed by atoms with E-state index < -0.39 is 15.9 Å². The van der Waals surface area contributed by atoms with Crippen molar-refractivity contribution in [3.8, 4) is 11.1 Å². The lowest BCUT2D eigenvalue weighted by molar-refractivity contribution is 0.0774. The molecule has 37 heavy (non-hydrogen) atoms. The van der Waals surface area contributed by atoms with Gasteiger partial charge in [0.2, 0.25) is 10.0 Å². The van der Waals surface area contributed by atoms with Crippen LogP contribution in [-0.2, 0) is 21.3 Å². The maximum absolute atomic E-state index is 12.4. The summed E-state index contributed by atoms with van der Waals surface area (Å²) in [4.78, 5) is 19.0. The number of rotatable bonds is 12. The lowest BCUT2D eigenvalue weighted by Gasteiger charge is -2.31. The Kier molecular flexibility index (Phi) is 9.04. The number of likely N-dealkylation sites (N-methyl/N-ethyl adjacent to an activating group) is 1. The van der Waals surface area contributed by atoms with Crippen LogP contribution in [0.15, 0.2) is 29.8 Å². The summed E-state index contributed by atoms with van der Waals surface area (Å²) in [6.07, 6.45) is 3.42. The Labute approximate surface area is 222 Å². The van der Waals surface area contributed by atoms with Crippen LogP contribution < -0.4 is 5.73 Å². The van der Waals surface area contributed by atoms with Gasteiger partial charge in [0.1, 0.15) is 0 Å². The average Bonchev–Trinajstić information content (AvgIpc) is 3.53. The lowest BCUT2D eigenvalue weighted by Crippen LogP contribution is -2.38. The van der Waals surface area contributed by atoms with Crippen LogP contribution in [0.4, 0.5) is 0 Å². The molecule has 9 nitrogen and oxygen atoms in total. The predicted molar refractivity (Wildman–Crippen MR) is 147 cm³/mol. The number of sulfonamides is 1. The zero-order chi connectivity index (χ0) is 26.6. The molecule has 1 aliphatic heterocycles. The molecule has 0 bridgehead atoms. The Morgan fingerprint density at radius 2 is 2.00 bits per heavy atom. The number of fused-ring (bicyclic) bond motifs is 1. The zero-order valence-corrected chi connectivity index (χ0v) is 23.0. The highest BCUT2D eigenvalue weighted by Crippen LogP contribution is 2.38. The van der Waals surface area contributed by atoms with E-state index in [0.717, 1.165) is 53.5 Å². The number of nitrogens with one attached hydrogen (secondary N) is 1. The first-order chi connectivity index (χ1) is 17.7. The van der Waals surface area contributed by atoms with E-state index >= 15 is 0 Å². The van der Waals surface area contributed by atoms with Crippen molar-refractivity contribution in [2.75, 3.05) is 52.3 Å². The molecule has 0 spiro atoms. The maximum atomic E-state index is 12.4. The van der Waals surface area contributed by atoms with Gasteiger partial charge in [0.15, 0.2) is 0 Å². The highest BCUT2D eigenvalue weighted by molar-refractivity contribution is 7.89. The minimum atomic E-state index is -3.19. The number of amides is 1. The second-order valence-electron chi connectivity index (χ2n) is 9.50. The fourth-order valence-corrected chi connectivity index (χ4v) is 7.03. The van der Waals surface area contributed by atoms with E-state index in [0.29, 0.717) is 31.9 Å². The minimum Gasteiger partial charge on any atom is -0.394 e. The predicted octanol–water partition coefficient (Wildman–Crippen LogP) is 2.97. The third-order valence-electron chi connectivity index (χ3n) is 7.00. The van der Waals surface area contributed by atoms with Crippen LogP contribution in [0.2, 0.25) is 0 Å². The molecule has 4 rings (SSSR count). The van der Waals surface area contributed by atoms with Crippen LogP contribution in [0.25, 0.3) is 22.0 Å². The molecule has 0 atom stereocenters. The maximum Gasteiger partial charge on any atom is 0.250 e. The molecule has 1 saturated heterocycles. The molecule has 0 radical (unpaired) electrons. The zero-order valence-electron chi connectivity index (χ0n) is 21.4. The summed E-state index contributed by atoms with van der Waals surface area (Å²) in [7, 11) is -1.16. The molecule has 2 aromatic heterocycles. The summed E-state index contributed by atoms with van der Waals surface area (Å²) in [6.45, 7) is 5.15. The number of H-pyrrole nitrogens is 1. The van der Waals surface area contributed by atoms with E-state index in [4.69, 9.17) is 15.6 Å².